The maximum absolute atomic E-state index is 12.2. The predicted molar refractivity (Wildman–Crippen MR) is 78.3 cm³/mol. The second-order valence-corrected chi connectivity index (χ2v) is 5.74. The first-order valence-electron chi connectivity index (χ1n) is 7.53. The molecule has 1 atom stereocenters. The van der Waals surface area contributed by atoms with Crippen LogP contribution in [0.15, 0.2) is 12.4 Å². The molecule has 2 aliphatic heterocycles. The minimum absolute atomic E-state index is 0.00764. The van der Waals surface area contributed by atoms with Gasteiger partial charge in [-0.3, -0.25) is 19.3 Å². The van der Waals surface area contributed by atoms with Gasteiger partial charge in [0.05, 0.1) is 32.0 Å². The lowest BCUT2D eigenvalue weighted by molar-refractivity contribution is -0.131. The highest BCUT2D eigenvalue weighted by molar-refractivity contribution is 5.96. The van der Waals surface area contributed by atoms with E-state index in [0.717, 1.165) is 5.56 Å². The second-order valence-electron chi connectivity index (χ2n) is 5.74. The number of nitrogens with zero attached hydrogens (tertiary/aromatic N) is 4. The number of hydrogen-bond donors (Lipinski definition) is 1. The van der Waals surface area contributed by atoms with Gasteiger partial charge in [0.25, 0.3) is 0 Å². The molecule has 22 heavy (non-hydrogen) atoms. The molecule has 3 rings (SSSR count). The number of rotatable bonds is 4. The molecule has 1 aromatic rings. The van der Waals surface area contributed by atoms with Gasteiger partial charge in [-0.05, 0) is 12.5 Å². The van der Waals surface area contributed by atoms with Crippen LogP contribution in [0.5, 0.6) is 0 Å². The summed E-state index contributed by atoms with van der Waals surface area (Å²) in [6.07, 6.45) is 3.80. The van der Waals surface area contributed by atoms with Crippen molar-refractivity contribution >= 4 is 11.9 Å². The molecule has 1 N–H and O–H groups in total. The van der Waals surface area contributed by atoms with E-state index in [9.17, 15) is 9.59 Å². The van der Waals surface area contributed by atoms with Gasteiger partial charge < -0.3 is 10.1 Å². The molecular weight excluding hydrogens is 286 g/mol. The first kappa shape index (κ1) is 15.0. The molecule has 3 heterocycles. The van der Waals surface area contributed by atoms with Gasteiger partial charge in [0.15, 0.2) is 0 Å². The molecule has 8 nitrogen and oxygen atoms in total. The largest absolute Gasteiger partial charge is 0.374 e. The quantitative estimate of drug-likeness (QED) is 0.807. The number of hydrogen-bond acceptors (Lipinski definition) is 5. The van der Waals surface area contributed by atoms with Crippen LogP contribution in [0.3, 0.4) is 0 Å². The number of ether oxygens (including phenoxy) is 1. The molecule has 0 unspecified atom stereocenters. The summed E-state index contributed by atoms with van der Waals surface area (Å²) in [5, 5.41) is 6.90. The Morgan fingerprint density at radius 1 is 1.50 bits per heavy atom. The molecule has 0 aromatic carbocycles. The number of imide groups is 1. The summed E-state index contributed by atoms with van der Waals surface area (Å²) in [7, 11) is 0. The summed E-state index contributed by atoms with van der Waals surface area (Å²) in [4.78, 5) is 27.0. The number of carbonyl (C=O) groups excluding carboxylic acids is 2. The first-order valence-corrected chi connectivity index (χ1v) is 7.53. The fourth-order valence-corrected chi connectivity index (χ4v) is 2.80. The van der Waals surface area contributed by atoms with E-state index in [-0.39, 0.29) is 24.6 Å². The van der Waals surface area contributed by atoms with E-state index in [4.69, 9.17) is 4.74 Å². The van der Waals surface area contributed by atoms with Crippen molar-refractivity contribution in [2.45, 2.75) is 19.6 Å². The molecule has 2 saturated heterocycles. The fourth-order valence-electron chi connectivity index (χ4n) is 2.80. The van der Waals surface area contributed by atoms with Crippen molar-refractivity contribution < 1.29 is 14.3 Å². The van der Waals surface area contributed by atoms with E-state index >= 15 is 0 Å². The van der Waals surface area contributed by atoms with Crippen molar-refractivity contribution in [3.05, 3.63) is 18.0 Å². The number of nitrogens with one attached hydrogen (secondary N) is 1. The average molecular weight is 307 g/mol. The monoisotopic (exact) mass is 307 g/mol. The molecule has 3 amide bonds. The van der Waals surface area contributed by atoms with Crippen molar-refractivity contribution in [2.75, 3.05) is 39.3 Å². The number of aromatic nitrogens is 2. The number of carbonyl (C=O) groups is 2. The lowest BCUT2D eigenvalue weighted by atomic mass is 10.2. The Labute approximate surface area is 129 Å². The van der Waals surface area contributed by atoms with Gasteiger partial charge in [-0.25, -0.2) is 4.79 Å². The van der Waals surface area contributed by atoms with E-state index in [1.807, 2.05) is 28.9 Å². The smallest absolute Gasteiger partial charge is 0.324 e. The van der Waals surface area contributed by atoms with Gasteiger partial charge in [-0.2, -0.15) is 5.10 Å². The van der Waals surface area contributed by atoms with Gasteiger partial charge >= 0.3 is 6.03 Å². The standard InChI is InChI=1S/C14H21N5O3/c1-11-6-16-18(7-11)9-12-8-17(4-5-22-12)10-13(20)19-3-2-15-14(19)21/h6-7,12H,2-5,8-10H2,1H3,(H,15,21)/t12-/m0/s1. The Bertz CT molecular complexity index is 558. The van der Waals surface area contributed by atoms with Crippen LogP contribution in [0.2, 0.25) is 0 Å². The normalized spacial score (nSPS) is 22.9. The summed E-state index contributed by atoms with van der Waals surface area (Å²) in [6, 6.07) is -0.290. The van der Waals surface area contributed by atoms with E-state index in [1.54, 1.807) is 0 Å². The summed E-state index contributed by atoms with van der Waals surface area (Å²) in [5.41, 5.74) is 1.11. The average Bonchev–Trinajstić information content (AvgIpc) is 3.08. The fraction of sp³-hybridized carbons (Fsp3) is 0.643. The lowest BCUT2D eigenvalue weighted by Crippen LogP contribution is -2.49. The van der Waals surface area contributed by atoms with E-state index in [2.05, 4.69) is 10.4 Å². The van der Waals surface area contributed by atoms with Crippen LogP contribution in [-0.2, 0) is 16.1 Å². The minimum Gasteiger partial charge on any atom is -0.374 e. The minimum atomic E-state index is -0.290. The molecule has 0 saturated carbocycles. The Morgan fingerprint density at radius 2 is 2.36 bits per heavy atom. The zero-order valence-electron chi connectivity index (χ0n) is 12.7. The number of urea groups is 1. The molecule has 0 bridgehead atoms. The predicted octanol–water partition coefficient (Wildman–Crippen LogP) is -0.556. The van der Waals surface area contributed by atoms with Crippen LogP contribution in [0, 0.1) is 6.92 Å². The SMILES string of the molecule is Cc1cnn(C[C@@H]2CN(CC(=O)N3CCNC3=O)CCO2)c1. The van der Waals surface area contributed by atoms with E-state index in [1.165, 1.54) is 4.90 Å². The Balaban J connectivity index is 1.52. The van der Waals surface area contributed by atoms with Crippen LogP contribution >= 0.6 is 0 Å². The van der Waals surface area contributed by atoms with Crippen molar-refractivity contribution in [1.29, 1.82) is 0 Å². The van der Waals surface area contributed by atoms with Crippen LogP contribution < -0.4 is 5.32 Å². The highest BCUT2D eigenvalue weighted by atomic mass is 16.5. The highest BCUT2D eigenvalue weighted by Gasteiger charge is 2.29. The summed E-state index contributed by atoms with van der Waals surface area (Å²) in [6.45, 7) is 5.87. The van der Waals surface area contributed by atoms with Crippen molar-refractivity contribution in [3.63, 3.8) is 0 Å². The third kappa shape index (κ3) is 3.45. The maximum Gasteiger partial charge on any atom is 0.324 e. The summed E-state index contributed by atoms with van der Waals surface area (Å²) >= 11 is 0. The van der Waals surface area contributed by atoms with Gasteiger partial charge in [0.2, 0.25) is 5.91 Å². The van der Waals surface area contributed by atoms with E-state index < -0.39 is 0 Å². The number of amides is 3. The first-order chi connectivity index (χ1) is 10.6. The number of morpholine rings is 1. The van der Waals surface area contributed by atoms with Crippen molar-refractivity contribution in [3.8, 4) is 0 Å². The van der Waals surface area contributed by atoms with Crippen LogP contribution in [0.1, 0.15) is 5.56 Å². The van der Waals surface area contributed by atoms with Gasteiger partial charge in [-0.1, -0.05) is 0 Å². The molecule has 120 valence electrons. The molecule has 0 aliphatic carbocycles. The third-order valence-electron chi connectivity index (χ3n) is 3.89. The van der Waals surface area contributed by atoms with Crippen LogP contribution in [0.4, 0.5) is 4.79 Å². The van der Waals surface area contributed by atoms with Gasteiger partial charge in [0, 0.05) is 32.4 Å². The zero-order chi connectivity index (χ0) is 15.5. The molecule has 0 radical (unpaired) electrons. The van der Waals surface area contributed by atoms with Crippen LogP contribution in [-0.4, -0.2) is 77.0 Å². The summed E-state index contributed by atoms with van der Waals surface area (Å²) in [5.74, 6) is -0.148. The second kappa shape index (κ2) is 6.45. The Hall–Kier alpha value is -1.93. The topological polar surface area (TPSA) is 79.7 Å². The third-order valence-corrected chi connectivity index (χ3v) is 3.89. The van der Waals surface area contributed by atoms with Gasteiger partial charge in [-0.15, -0.1) is 0 Å². The van der Waals surface area contributed by atoms with E-state index in [0.29, 0.717) is 39.3 Å². The molecular formula is C14H21N5O3. The highest BCUT2D eigenvalue weighted by Crippen LogP contribution is 2.09. The lowest BCUT2D eigenvalue weighted by Gasteiger charge is -2.32. The molecule has 2 aliphatic rings. The van der Waals surface area contributed by atoms with Crippen molar-refractivity contribution in [1.82, 2.24) is 24.9 Å². The van der Waals surface area contributed by atoms with Gasteiger partial charge in [0.1, 0.15) is 0 Å². The molecule has 1 aromatic heterocycles. The number of aryl methyl sites for hydroxylation is 1. The summed E-state index contributed by atoms with van der Waals surface area (Å²) < 4.78 is 7.60. The Kier molecular flexibility index (Phi) is 4.39. The Morgan fingerprint density at radius 3 is 3.05 bits per heavy atom. The molecule has 0 spiro atoms. The maximum atomic E-state index is 12.2. The zero-order valence-corrected chi connectivity index (χ0v) is 12.7. The molecule has 2 fully saturated rings. The van der Waals surface area contributed by atoms with Crippen molar-refractivity contribution in [2.24, 2.45) is 0 Å². The molecule has 8 heteroatoms. The van der Waals surface area contributed by atoms with Crippen LogP contribution in [0.25, 0.3) is 0 Å².